The SMILES string of the molecule is CCC(C)CC(CO)C1CCCC1. The molecule has 1 heteroatoms. The Labute approximate surface area is 82.5 Å². The van der Waals surface area contributed by atoms with Gasteiger partial charge in [-0.15, -0.1) is 0 Å². The highest BCUT2D eigenvalue weighted by Gasteiger charge is 2.25. The van der Waals surface area contributed by atoms with Gasteiger partial charge in [0.1, 0.15) is 0 Å². The first-order chi connectivity index (χ1) is 6.27. The molecule has 2 unspecified atom stereocenters. The highest BCUT2D eigenvalue weighted by Crippen LogP contribution is 2.34. The van der Waals surface area contributed by atoms with Gasteiger partial charge in [-0.25, -0.2) is 0 Å². The summed E-state index contributed by atoms with van der Waals surface area (Å²) < 4.78 is 0. The van der Waals surface area contributed by atoms with Crippen LogP contribution in [0.3, 0.4) is 0 Å². The minimum Gasteiger partial charge on any atom is -0.396 e. The standard InChI is InChI=1S/C12H24O/c1-3-10(2)8-12(9-13)11-6-4-5-7-11/h10-13H,3-9H2,1-2H3. The molecule has 0 amide bonds. The third-order valence-electron chi connectivity index (χ3n) is 3.70. The van der Waals surface area contributed by atoms with Gasteiger partial charge in [0.15, 0.2) is 0 Å². The largest absolute Gasteiger partial charge is 0.396 e. The molecule has 1 fully saturated rings. The van der Waals surface area contributed by atoms with E-state index in [1.165, 1.54) is 38.5 Å². The lowest BCUT2D eigenvalue weighted by molar-refractivity contribution is 0.151. The number of hydrogen-bond acceptors (Lipinski definition) is 1. The molecule has 0 aromatic heterocycles. The second-order valence-corrected chi connectivity index (χ2v) is 4.74. The van der Waals surface area contributed by atoms with Gasteiger partial charge in [-0.3, -0.25) is 0 Å². The first kappa shape index (κ1) is 11.0. The molecule has 1 nitrogen and oxygen atoms in total. The van der Waals surface area contributed by atoms with Gasteiger partial charge in [0.05, 0.1) is 0 Å². The summed E-state index contributed by atoms with van der Waals surface area (Å²) in [7, 11) is 0. The molecule has 1 rings (SSSR count). The third-order valence-corrected chi connectivity index (χ3v) is 3.70. The maximum absolute atomic E-state index is 9.33. The zero-order valence-electron chi connectivity index (χ0n) is 9.13. The summed E-state index contributed by atoms with van der Waals surface area (Å²) in [6.45, 7) is 4.96. The summed E-state index contributed by atoms with van der Waals surface area (Å²) in [6, 6.07) is 0. The van der Waals surface area contributed by atoms with Gasteiger partial charge in [-0.05, 0) is 24.2 Å². The van der Waals surface area contributed by atoms with Gasteiger partial charge in [-0.1, -0.05) is 46.0 Å². The van der Waals surface area contributed by atoms with Crippen LogP contribution in [-0.2, 0) is 0 Å². The smallest absolute Gasteiger partial charge is 0.0462 e. The van der Waals surface area contributed by atoms with Crippen molar-refractivity contribution in [1.82, 2.24) is 0 Å². The molecule has 0 radical (unpaired) electrons. The summed E-state index contributed by atoms with van der Waals surface area (Å²) in [5.41, 5.74) is 0. The van der Waals surface area contributed by atoms with Crippen molar-refractivity contribution in [2.24, 2.45) is 17.8 Å². The summed E-state index contributed by atoms with van der Waals surface area (Å²) in [5, 5.41) is 9.33. The molecule has 0 aliphatic heterocycles. The van der Waals surface area contributed by atoms with Crippen molar-refractivity contribution in [2.75, 3.05) is 6.61 Å². The van der Waals surface area contributed by atoms with Crippen LogP contribution in [0.2, 0.25) is 0 Å². The molecule has 13 heavy (non-hydrogen) atoms. The average Bonchev–Trinajstić information content (AvgIpc) is 2.66. The molecule has 0 aromatic carbocycles. The van der Waals surface area contributed by atoms with Crippen LogP contribution in [0, 0.1) is 17.8 Å². The quantitative estimate of drug-likeness (QED) is 0.695. The lowest BCUT2D eigenvalue weighted by atomic mass is 9.84. The predicted octanol–water partition coefficient (Wildman–Crippen LogP) is 3.22. The van der Waals surface area contributed by atoms with Crippen LogP contribution < -0.4 is 0 Å². The first-order valence-corrected chi connectivity index (χ1v) is 5.88. The number of hydrogen-bond donors (Lipinski definition) is 1. The topological polar surface area (TPSA) is 20.2 Å². The van der Waals surface area contributed by atoms with Crippen molar-refractivity contribution < 1.29 is 5.11 Å². The van der Waals surface area contributed by atoms with Gasteiger partial charge in [0.25, 0.3) is 0 Å². The molecule has 0 saturated heterocycles. The van der Waals surface area contributed by atoms with Gasteiger partial charge < -0.3 is 5.11 Å². The van der Waals surface area contributed by atoms with Crippen molar-refractivity contribution >= 4 is 0 Å². The van der Waals surface area contributed by atoms with E-state index in [-0.39, 0.29) is 0 Å². The normalized spacial score (nSPS) is 23.3. The van der Waals surface area contributed by atoms with Crippen LogP contribution in [0.4, 0.5) is 0 Å². The van der Waals surface area contributed by atoms with Crippen molar-refractivity contribution in [3.8, 4) is 0 Å². The Morgan fingerprint density at radius 3 is 2.38 bits per heavy atom. The van der Waals surface area contributed by atoms with Gasteiger partial charge >= 0.3 is 0 Å². The fourth-order valence-electron chi connectivity index (χ4n) is 2.53. The van der Waals surface area contributed by atoms with Crippen LogP contribution >= 0.6 is 0 Å². The Morgan fingerprint density at radius 2 is 1.92 bits per heavy atom. The Morgan fingerprint density at radius 1 is 1.31 bits per heavy atom. The molecule has 2 atom stereocenters. The third kappa shape index (κ3) is 3.30. The Balaban J connectivity index is 2.32. The lowest BCUT2D eigenvalue weighted by Gasteiger charge is -2.23. The Bertz CT molecular complexity index is 127. The highest BCUT2D eigenvalue weighted by atomic mass is 16.3. The second-order valence-electron chi connectivity index (χ2n) is 4.74. The highest BCUT2D eigenvalue weighted by molar-refractivity contribution is 4.76. The summed E-state index contributed by atoms with van der Waals surface area (Å²) in [4.78, 5) is 0. The molecule has 78 valence electrons. The number of aliphatic hydroxyl groups excluding tert-OH is 1. The first-order valence-electron chi connectivity index (χ1n) is 5.88. The van der Waals surface area contributed by atoms with Crippen LogP contribution in [0.5, 0.6) is 0 Å². The van der Waals surface area contributed by atoms with Gasteiger partial charge in [0, 0.05) is 6.61 Å². The number of rotatable bonds is 5. The fraction of sp³-hybridized carbons (Fsp3) is 1.00. The number of aliphatic hydroxyl groups is 1. The van der Waals surface area contributed by atoms with E-state index in [2.05, 4.69) is 13.8 Å². The van der Waals surface area contributed by atoms with Crippen molar-refractivity contribution in [1.29, 1.82) is 0 Å². The predicted molar refractivity (Wildman–Crippen MR) is 56.6 cm³/mol. The molecule has 1 aliphatic rings. The zero-order valence-corrected chi connectivity index (χ0v) is 9.13. The maximum Gasteiger partial charge on any atom is 0.0462 e. The molecule has 1 aliphatic carbocycles. The van der Waals surface area contributed by atoms with E-state index in [1.807, 2.05) is 0 Å². The summed E-state index contributed by atoms with van der Waals surface area (Å²) >= 11 is 0. The molecular formula is C12H24O. The van der Waals surface area contributed by atoms with Crippen LogP contribution in [0.25, 0.3) is 0 Å². The Kier molecular flexibility index (Phi) is 4.79. The Hall–Kier alpha value is -0.0400. The van der Waals surface area contributed by atoms with E-state index < -0.39 is 0 Å². The minimum atomic E-state index is 0.412. The van der Waals surface area contributed by atoms with E-state index in [9.17, 15) is 5.11 Å². The van der Waals surface area contributed by atoms with Crippen molar-refractivity contribution in [3.05, 3.63) is 0 Å². The molecule has 1 N–H and O–H groups in total. The zero-order chi connectivity index (χ0) is 9.68. The van der Waals surface area contributed by atoms with E-state index in [4.69, 9.17) is 0 Å². The average molecular weight is 184 g/mol. The van der Waals surface area contributed by atoms with Gasteiger partial charge in [-0.2, -0.15) is 0 Å². The fourth-order valence-corrected chi connectivity index (χ4v) is 2.53. The molecule has 0 spiro atoms. The molecule has 0 heterocycles. The van der Waals surface area contributed by atoms with Crippen molar-refractivity contribution in [2.45, 2.75) is 52.4 Å². The second kappa shape index (κ2) is 5.64. The minimum absolute atomic E-state index is 0.412. The lowest BCUT2D eigenvalue weighted by Crippen LogP contribution is -2.18. The van der Waals surface area contributed by atoms with E-state index >= 15 is 0 Å². The summed E-state index contributed by atoms with van der Waals surface area (Å²) in [6.07, 6.45) is 7.99. The van der Waals surface area contributed by atoms with Gasteiger partial charge in [0.2, 0.25) is 0 Å². The van der Waals surface area contributed by atoms with E-state index in [0.717, 1.165) is 11.8 Å². The summed E-state index contributed by atoms with van der Waals surface area (Å²) in [5.74, 6) is 2.22. The van der Waals surface area contributed by atoms with Crippen LogP contribution in [0.1, 0.15) is 52.4 Å². The molecule has 1 saturated carbocycles. The molecular weight excluding hydrogens is 160 g/mol. The maximum atomic E-state index is 9.33. The van der Waals surface area contributed by atoms with Crippen molar-refractivity contribution in [3.63, 3.8) is 0 Å². The van der Waals surface area contributed by atoms with E-state index in [0.29, 0.717) is 12.5 Å². The molecule has 0 bridgehead atoms. The van der Waals surface area contributed by atoms with Crippen LogP contribution in [0.15, 0.2) is 0 Å². The van der Waals surface area contributed by atoms with Crippen LogP contribution in [-0.4, -0.2) is 11.7 Å². The monoisotopic (exact) mass is 184 g/mol. The molecule has 0 aromatic rings. The van der Waals surface area contributed by atoms with E-state index in [1.54, 1.807) is 0 Å².